The average molecular weight is 274 g/mol. The van der Waals surface area contributed by atoms with Gasteiger partial charge in [0.1, 0.15) is 0 Å². The first-order valence-corrected chi connectivity index (χ1v) is 7.39. The third kappa shape index (κ3) is 2.80. The molecule has 0 saturated carbocycles. The van der Waals surface area contributed by atoms with Gasteiger partial charge in [0.15, 0.2) is 0 Å². The summed E-state index contributed by atoms with van der Waals surface area (Å²) in [6.45, 7) is 12.9. The molecule has 0 aliphatic rings. The van der Waals surface area contributed by atoms with Gasteiger partial charge >= 0.3 is 0 Å². The van der Waals surface area contributed by atoms with E-state index in [4.69, 9.17) is 5.73 Å². The van der Waals surface area contributed by atoms with Gasteiger partial charge in [0.25, 0.3) is 0 Å². The molecule has 0 aliphatic carbocycles. The normalized spacial score (nSPS) is 12.2. The molecule has 0 radical (unpaired) electrons. The molecule has 1 aromatic carbocycles. The summed E-state index contributed by atoms with van der Waals surface area (Å²) in [5.41, 5.74) is 9.48. The lowest BCUT2D eigenvalue weighted by atomic mass is 10.2. The zero-order chi connectivity index (χ0) is 14.9. The Morgan fingerprint density at radius 3 is 2.45 bits per heavy atom. The fourth-order valence-corrected chi connectivity index (χ4v) is 2.94. The van der Waals surface area contributed by atoms with Crippen LogP contribution in [0.1, 0.15) is 33.3 Å². The number of nitrogen functional groups attached to an aromatic ring is 1. The highest BCUT2D eigenvalue weighted by Crippen LogP contribution is 2.21. The lowest BCUT2D eigenvalue weighted by molar-refractivity contribution is 0.169. The maximum absolute atomic E-state index is 6.09. The second-order valence-electron chi connectivity index (χ2n) is 5.99. The Morgan fingerprint density at radius 1 is 1.20 bits per heavy atom. The first-order valence-electron chi connectivity index (χ1n) is 7.39. The smallest absolute Gasteiger partial charge is 0.201 e. The van der Waals surface area contributed by atoms with Crippen LogP contribution in [-0.2, 0) is 6.54 Å². The molecule has 0 saturated heterocycles. The first kappa shape index (κ1) is 14.9. The first-order chi connectivity index (χ1) is 9.41. The van der Waals surface area contributed by atoms with E-state index in [1.54, 1.807) is 0 Å². The minimum atomic E-state index is 0.534. The number of nitrogens with two attached hydrogens (primary N) is 1. The van der Waals surface area contributed by atoms with Gasteiger partial charge in [0.2, 0.25) is 5.95 Å². The standard InChI is InChI=1S/C16H26N4/c1-11(2)19(12(3)4)9-10-20-15-13(5)7-6-8-14(15)18-16(20)17/h6-8,11-12H,9-10H2,1-5H3,(H2,17,18). The lowest BCUT2D eigenvalue weighted by Crippen LogP contribution is -2.39. The van der Waals surface area contributed by atoms with Crippen molar-refractivity contribution in [3.05, 3.63) is 23.8 Å². The number of anilines is 1. The Morgan fingerprint density at radius 2 is 1.85 bits per heavy atom. The van der Waals surface area contributed by atoms with Gasteiger partial charge < -0.3 is 10.3 Å². The van der Waals surface area contributed by atoms with Crippen molar-refractivity contribution in [2.75, 3.05) is 12.3 Å². The highest BCUT2D eigenvalue weighted by Gasteiger charge is 2.15. The number of hydrogen-bond donors (Lipinski definition) is 1. The molecule has 4 heteroatoms. The van der Waals surface area contributed by atoms with Crippen LogP contribution in [0.15, 0.2) is 18.2 Å². The van der Waals surface area contributed by atoms with Crippen molar-refractivity contribution in [1.29, 1.82) is 0 Å². The molecule has 0 aliphatic heterocycles. The number of para-hydroxylation sites is 1. The number of hydrogen-bond acceptors (Lipinski definition) is 3. The van der Waals surface area contributed by atoms with Crippen molar-refractivity contribution < 1.29 is 0 Å². The van der Waals surface area contributed by atoms with Gasteiger partial charge in [-0.05, 0) is 46.2 Å². The summed E-state index contributed by atoms with van der Waals surface area (Å²) in [6.07, 6.45) is 0. The molecule has 1 aromatic heterocycles. The predicted octanol–water partition coefficient (Wildman–Crippen LogP) is 3.05. The molecule has 2 N–H and O–H groups in total. The fourth-order valence-electron chi connectivity index (χ4n) is 2.94. The summed E-state index contributed by atoms with van der Waals surface area (Å²) in [6, 6.07) is 7.24. The fraction of sp³-hybridized carbons (Fsp3) is 0.562. The molecule has 20 heavy (non-hydrogen) atoms. The molecular formula is C16H26N4. The maximum Gasteiger partial charge on any atom is 0.201 e. The molecule has 0 amide bonds. The van der Waals surface area contributed by atoms with Crippen molar-refractivity contribution >= 4 is 17.0 Å². The Labute approximate surface area is 121 Å². The summed E-state index contributed by atoms with van der Waals surface area (Å²) in [5.74, 6) is 0.613. The molecule has 2 aromatic rings. The Bertz CT molecular complexity index is 575. The van der Waals surface area contributed by atoms with Crippen LogP contribution in [0.2, 0.25) is 0 Å². The monoisotopic (exact) mass is 274 g/mol. The predicted molar refractivity (Wildman–Crippen MR) is 85.9 cm³/mol. The van der Waals surface area contributed by atoms with Crippen LogP contribution in [-0.4, -0.2) is 33.1 Å². The number of nitrogens with zero attached hydrogens (tertiary/aromatic N) is 3. The van der Waals surface area contributed by atoms with Crippen molar-refractivity contribution in [2.45, 2.75) is 53.2 Å². The van der Waals surface area contributed by atoms with Crippen LogP contribution in [0, 0.1) is 6.92 Å². The van der Waals surface area contributed by atoms with Crippen molar-refractivity contribution in [3.63, 3.8) is 0 Å². The van der Waals surface area contributed by atoms with Crippen LogP contribution in [0.3, 0.4) is 0 Å². The molecule has 0 atom stereocenters. The molecule has 110 valence electrons. The van der Waals surface area contributed by atoms with E-state index < -0.39 is 0 Å². The van der Waals surface area contributed by atoms with Crippen LogP contribution >= 0.6 is 0 Å². The van der Waals surface area contributed by atoms with Crippen LogP contribution in [0.25, 0.3) is 11.0 Å². The maximum atomic E-state index is 6.09. The number of aromatic nitrogens is 2. The van der Waals surface area contributed by atoms with Gasteiger partial charge in [-0.1, -0.05) is 12.1 Å². The summed E-state index contributed by atoms with van der Waals surface area (Å²) < 4.78 is 2.14. The molecule has 0 fully saturated rings. The van der Waals surface area contributed by atoms with E-state index in [9.17, 15) is 0 Å². The van der Waals surface area contributed by atoms with E-state index in [2.05, 4.69) is 55.1 Å². The van der Waals surface area contributed by atoms with Gasteiger partial charge in [0.05, 0.1) is 11.0 Å². The summed E-state index contributed by atoms with van der Waals surface area (Å²) in [4.78, 5) is 6.94. The second-order valence-corrected chi connectivity index (χ2v) is 5.99. The minimum Gasteiger partial charge on any atom is -0.369 e. The largest absolute Gasteiger partial charge is 0.369 e. The molecule has 2 rings (SSSR count). The van der Waals surface area contributed by atoms with Gasteiger partial charge in [-0.15, -0.1) is 0 Å². The van der Waals surface area contributed by atoms with Gasteiger partial charge in [-0.2, -0.15) is 0 Å². The van der Waals surface area contributed by atoms with Crippen LogP contribution < -0.4 is 5.73 Å². The second kappa shape index (κ2) is 5.83. The van der Waals surface area contributed by atoms with Crippen LogP contribution in [0.4, 0.5) is 5.95 Å². The summed E-state index contributed by atoms with van der Waals surface area (Å²) >= 11 is 0. The highest BCUT2D eigenvalue weighted by molar-refractivity contribution is 5.81. The number of aryl methyl sites for hydroxylation is 1. The third-order valence-electron chi connectivity index (χ3n) is 3.91. The summed E-state index contributed by atoms with van der Waals surface area (Å²) in [7, 11) is 0. The van der Waals surface area contributed by atoms with Crippen LogP contribution in [0.5, 0.6) is 0 Å². The highest BCUT2D eigenvalue weighted by atomic mass is 15.2. The zero-order valence-electron chi connectivity index (χ0n) is 13.2. The number of rotatable bonds is 5. The Kier molecular flexibility index (Phi) is 4.33. The lowest BCUT2D eigenvalue weighted by Gasteiger charge is -2.30. The van der Waals surface area contributed by atoms with Gasteiger partial charge in [0, 0.05) is 25.2 Å². The van der Waals surface area contributed by atoms with E-state index in [0.29, 0.717) is 18.0 Å². The van der Waals surface area contributed by atoms with E-state index in [0.717, 1.165) is 24.1 Å². The molecule has 4 nitrogen and oxygen atoms in total. The van der Waals surface area contributed by atoms with Crippen molar-refractivity contribution in [3.8, 4) is 0 Å². The zero-order valence-corrected chi connectivity index (χ0v) is 13.2. The SMILES string of the molecule is Cc1cccc2nc(N)n(CCN(C(C)C)C(C)C)c12. The summed E-state index contributed by atoms with van der Waals surface area (Å²) in [5, 5.41) is 0. The van der Waals surface area contributed by atoms with Gasteiger partial charge in [-0.25, -0.2) is 4.98 Å². The molecule has 0 unspecified atom stereocenters. The van der Waals surface area contributed by atoms with E-state index in [-0.39, 0.29) is 0 Å². The minimum absolute atomic E-state index is 0.534. The topological polar surface area (TPSA) is 47.1 Å². The van der Waals surface area contributed by atoms with E-state index >= 15 is 0 Å². The number of fused-ring (bicyclic) bond motifs is 1. The molecule has 1 heterocycles. The quantitative estimate of drug-likeness (QED) is 0.911. The molecule has 0 spiro atoms. The number of benzene rings is 1. The average Bonchev–Trinajstić information content (AvgIpc) is 2.66. The van der Waals surface area contributed by atoms with E-state index in [1.807, 2.05) is 12.1 Å². The van der Waals surface area contributed by atoms with Gasteiger partial charge in [-0.3, -0.25) is 4.90 Å². The number of imidazole rings is 1. The Balaban J connectivity index is 2.28. The third-order valence-corrected chi connectivity index (χ3v) is 3.91. The van der Waals surface area contributed by atoms with Crippen molar-refractivity contribution in [1.82, 2.24) is 14.5 Å². The van der Waals surface area contributed by atoms with E-state index in [1.165, 1.54) is 5.56 Å². The van der Waals surface area contributed by atoms with Crippen molar-refractivity contribution in [2.24, 2.45) is 0 Å². The molecule has 0 bridgehead atoms. The molecular weight excluding hydrogens is 248 g/mol. The Hall–Kier alpha value is -1.55.